The summed E-state index contributed by atoms with van der Waals surface area (Å²) >= 11 is 0. The van der Waals surface area contributed by atoms with Crippen LogP contribution in [0, 0.1) is 11.3 Å². The van der Waals surface area contributed by atoms with Gasteiger partial charge in [0.05, 0.1) is 17.6 Å². The summed E-state index contributed by atoms with van der Waals surface area (Å²) in [6.07, 6.45) is 19.0. The Balaban J connectivity index is 1.52. The fourth-order valence-electron chi connectivity index (χ4n) is 3.26. The van der Waals surface area contributed by atoms with E-state index in [9.17, 15) is 0 Å². The standard InChI is InChI=1S/C17H13N5/c1-2-5-17-8-13(17)7-16(21-15(17)3-1)22-10-12(9-20-22)14-4-6-18-11-19-14/h1-7,9-11,13H,8H2. The maximum absolute atomic E-state index is 4.80. The molecule has 1 aliphatic heterocycles. The maximum Gasteiger partial charge on any atom is 0.149 e. The summed E-state index contributed by atoms with van der Waals surface area (Å²) in [5, 5.41) is 4.44. The molecule has 0 bridgehead atoms. The lowest BCUT2D eigenvalue weighted by Gasteiger charge is -2.20. The molecule has 22 heavy (non-hydrogen) atoms. The Morgan fingerprint density at radius 2 is 2.27 bits per heavy atom. The van der Waals surface area contributed by atoms with Gasteiger partial charge >= 0.3 is 0 Å². The molecule has 0 N–H and O–H groups in total. The van der Waals surface area contributed by atoms with Gasteiger partial charge in [0.25, 0.3) is 0 Å². The average Bonchev–Trinajstić information content (AvgIpc) is 3.05. The number of hydrogen-bond acceptors (Lipinski definition) is 4. The molecule has 2 atom stereocenters. The summed E-state index contributed by atoms with van der Waals surface area (Å²) in [7, 11) is 0. The fourth-order valence-corrected chi connectivity index (χ4v) is 3.26. The first-order chi connectivity index (χ1) is 10.9. The minimum absolute atomic E-state index is 0.168. The van der Waals surface area contributed by atoms with Crippen molar-refractivity contribution < 1.29 is 0 Å². The molecule has 2 aliphatic carbocycles. The zero-order valence-electron chi connectivity index (χ0n) is 11.8. The summed E-state index contributed by atoms with van der Waals surface area (Å²) in [5.74, 6) is 1.44. The van der Waals surface area contributed by atoms with Crippen LogP contribution in [0.3, 0.4) is 0 Å². The van der Waals surface area contributed by atoms with Crippen molar-refractivity contribution in [3.63, 3.8) is 0 Å². The second-order valence-corrected chi connectivity index (χ2v) is 5.86. The first kappa shape index (κ1) is 11.8. The molecule has 1 spiro atoms. The SMILES string of the molecule is C1=CC2=NC(n3cc(-c4ccncn4)cn3)=CC3CC23C=C1. The summed E-state index contributed by atoms with van der Waals surface area (Å²) in [4.78, 5) is 13.0. The van der Waals surface area contributed by atoms with Crippen molar-refractivity contribution in [2.75, 3.05) is 0 Å². The fraction of sp³-hybridized carbons (Fsp3) is 0.176. The summed E-state index contributed by atoms with van der Waals surface area (Å²) in [6.45, 7) is 0. The number of allylic oxidation sites excluding steroid dienone is 5. The van der Waals surface area contributed by atoms with Crippen molar-refractivity contribution in [3.05, 3.63) is 61.4 Å². The molecule has 0 aromatic carbocycles. The van der Waals surface area contributed by atoms with Gasteiger partial charge in [-0.2, -0.15) is 5.10 Å². The molecule has 2 unspecified atom stereocenters. The molecule has 0 saturated heterocycles. The van der Waals surface area contributed by atoms with Gasteiger partial charge in [0.1, 0.15) is 12.1 Å². The third kappa shape index (κ3) is 1.59. The van der Waals surface area contributed by atoms with E-state index in [0.29, 0.717) is 5.92 Å². The zero-order chi connectivity index (χ0) is 14.6. The lowest BCUT2D eigenvalue weighted by Crippen LogP contribution is -2.19. The van der Waals surface area contributed by atoms with Crippen molar-refractivity contribution in [1.29, 1.82) is 0 Å². The molecule has 5 rings (SSSR count). The molecular formula is C17H13N5. The Morgan fingerprint density at radius 1 is 1.27 bits per heavy atom. The van der Waals surface area contributed by atoms with Crippen LogP contribution in [-0.4, -0.2) is 25.5 Å². The number of aliphatic imine (C=N–C) groups is 1. The highest BCUT2D eigenvalue weighted by molar-refractivity contribution is 6.08. The highest BCUT2D eigenvalue weighted by atomic mass is 15.3. The summed E-state index contributed by atoms with van der Waals surface area (Å²) in [5.41, 5.74) is 3.15. The van der Waals surface area contributed by atoms with Crippen LogP contribution in [0.25, 0.3) is 17.1 Å². The van der Waals surface area contributed by atoms with Crippen LogP contribution in [0.2, 0.25) is 0 Å². The van der Waals surface area contributed by atoms with Gasteiger partial charge in [-0.3, -0.25) is 0 Å². The molecule has 5 heteroatoms. The highest BCUT2D eigenvalue weighted by Gasteiger charge is 2.56. The molecule has 1 fully saturated rings. The van der Waals surface area contributed by atoms with E-state index in [4.69, 9.17) is 4.99 Å². The molecule has 2 aromatic rings. The van der Waals surface area contributed by atoms with Gasteiger partial charge in [-0.1, -0.05) is 18.2 Å². The van der Waals surface area contributed by atoms with E-state index in [1.807, 2.05) is 23.1 Å². The monoisotopic (exact) mass is 287 g/mol. The van der Waals surface area contributed by atoms with E-state index < -0.39 is 0 Å². The Morgan fingerprint density at radius 3 is 3.18 bits per heavy atom. The first-order valence-electron chi connectivity index (χ1n) is 7.33. The van der Waals surface area contributed by atoms with Crippen molar-refractivity contribution >= 4 is 11.5 Å². The predicted molar refractivity (Wildman–Crippen MR) is 83.8 cm³/mol. The first-order valence-corrected chi connectivity index (χ1v) is 7.33. The van der Waals surface area contributed by atoms with Crippen molar-refractivity contribution in [1.82, 2.24) is 19.7 Å². The molecule has 3 heterocycles. The topological polar surface area (TPSA) is 56.0 Å². The van der Waals surface area contributed by atoms with E-state index in [-0.39, 0.29) is 5.41 Å². The Bertz CT molecular complexity index is 871. The molecule has 1 saturated carbocycles. The van der Waals surface area contributed by atoms with E-state index in [1.54, 1.807) is 12.5 Å². The van der Waals surface area contributed by atoms with Crippen LogP contribution in [0.5, 0.6) is 0 Å². The van der Waals surface area contributed by atoms with E-state index in [0.717, 1.165) is 29.2 Å². The Labute approximate surface area is 127 Å². The maximum atomic E-state index is 4.80. The molecular weight excluding hydrogens is 274 g/mol. The van der Waals surface area contributed by atoms with Gasteiger partial charge in [0.2, 0.25) is 0 Å². The molecule has 0 amide bonds. The van der Waals surface area contributed by atoms with E-state index >= 15 is 0 Å². The minimum Gasteiger partial charge on any atom is -0.245 e. The Hall–Kier alpha value is -2.82. The smallest absolute Gasteiger partial charge is 0.149 e. The lowest BCUT2D eigenvalue weighted by molar-refractivity contribution is 0.798. The summed E-state index contributed by atoms with van der Waals surface area (Å²) in [6, 6.07) is 1.88. The highest BCUT2D eigenvalue weighted by Crippen LogP contribution is 2.59. The van der Waals surface area contributed by atoms with Gasteiger partial charge in [-0.25, -0.2) is 19.6 Å². The Kier molecular flexibility index (Phi) is 2.20. The molecule has 2 aromatic heterocycles. The third-order valence-electron chi connectivity index (χ3n) is 4.58. The van der Waals surface area contributed by atoms with Gasteiger partial charge in [-0.15, -0.1) is 0 Å². The van der Waals surface area contributed by atoms with Crippen LogP contribution >= 0.6 is 0 Å². The van der Waals surface area contributed by atoms with E-state index in [2.05, 4.69) is 45.4 Å². The molecule has 0 radical (unpaired) electrons. The van der Waals surface area contributed by atoms with Crippen LogP contribution < -0.4 is 0 Å². The summed E-state index contributed by atoms with van der Waals surface area (Å²) < 4.78 is 1.83. The van der Waals surface area contributed by atoms with Gasteiger partial charge in [-0.05, 0) is 30.6 Å². The number of rotatable bonds is 2. The number of nitrogens with zero attached hydrogens (tertiary/aromatic N) is 5. The van der Waals surface area contributed by atoms with Gasteiger partial charge < -0.3 is 0 Å². The van der Waals surface area contributed by atoms with Crippen molar-refractivity contribution in [2.24, 2.45) is 16.3 Å². The van der Waals surface area contributed by atoms with Crippen molar-refractivity contribution in [3.8, 4) is 11.3 Å². The second kappa shape index (κ2) is 4.10. The van der Waals surface area contributed by atoms with Crippen LogP contribution in [0.4, 0.5) is 0 Å². The van der Waals surface area contributed by atoms with Crippen molar-refractivity contribution in [2.45, 2.75) is 6.42 Å². The molecule has 5 nitrogen and oxygen atoms in total. The second-order valence-electron chi connectivity index (χ2n) is 5.86. The largest absolute Gasteiger partial charge is 0.245 e. The van der Waals surface area contributed by atoms with E-state index in [1.165, 1.54) is 0 Å². The van der Waals surface area contributed by atoms with Crippen LogP contribution in [0.15, 0.2) is 66.4 Å². The molecule has 3 aliphatic rings. The average molecular weight is 287 g/mol. The quantitative estimate of drug-likeness (QED) is 0.853. The van der Waals surface area contributed by atoms with Crippen LogP contribution in [0.1, 0.15) is 6.42 Å². The zero-order valence-corrected chi connectivity index (χ0v) is 11.8. The van der Waals surface area contributed by atoms with Gasteiger partial charge in [0.15, 0.2) is 0 Å². The van der Waals surface area contributed by atoms with Gasteiger partial charge in [0, 0.05) is 23.4 Å². The predicted octanol–water partition coefficient (Wildman–Crippen LogP) is 2.73. The van der Waals surface area contributed by atoms with Crippen LogP contribution in [-0.2, 0) is 0 Å². The number of hydrogen-bond donors (Lipinski definition) is 0. The lowest BCUT2D eigenvalue weighted by atomic mass is 9.91. The normalized spacial score (nSPS) is 27.7. The minimum atomic E-state index is 0.168. The number of aromatic nitrogens is 4. The third-order valence-corrected chi connectivity index (χ3v) is 4.58. The molecule has 106 valence electrons.